The van der Waals surface area contributed by atoms with Crippen molar-refractivity contribution in [3.63, 3.8) is 0 Å². The molecule has 2 rings (SSSR count). The van der Waals surface area contributed by atoms with Gasteiger partial charge in [-0.1, -0.05) is 64.3 Å². The molecule has 1 aliphatic carbocycles. The van der Waals surface area contributed by atoms with E-state index in [0.717, 1.165) is 12.8 Å². The van der Waals surface area contributed by atoms with Crippen LogP contribution in [0.3, 0.4) is 0 Å². The number of aliphatic hydroxyl groups excluding tert-OH is 1. The average Bonchev–Trinajstić information content (AvgIpc) is 2.84. The molecule has 3 atom stereocenters. The van der Waals surface area contributed by atoms with Gasteiger partial charge in [-0.3, -0.25) is 0 Å². The fraction of sp³-hybridized carbons (Fsp3) is 0.667. The van der Waals surface area contributed by atoms with E-state index in [1.807, 2.05) is 0 Å². The van der Waals surface area contributed by atoms with Gasteiger partial charge in [0.1, 0.15) is 0 Å². The zero-order valence-corrected chi connectivity index (χ0v) is 18.1. The molecule has 1 nitrogen and oxygen atoms in total. The molecule has 0 spiro atoms. The van der Waals surface area contributed by atoms with Gasteiger partial charge in [0.2, 0.25) is 0 Å². The van der Waals surface area contributed by atoms with Crippen LogP contribution in [0, 0.1) is 12.8 Å². The molecule has 1 aliphatic rings. The molecule has 0 bridgehead atoms. The summed E-state index contributed by atoms with van der Waals surface area (Å²) < 4.78 is 0. The molecule has 0 aromatic heterocycles. The molecule has 2 heteroatoms. The van der Waals surface area contributed by atoms with E-state index in [1.165, 1.54) is 43.2 Å². The van der Waals surface area contributed by atoms with E-state index >= 15 is 0 Å². The van der Waals surface area contributed by atoms with Crippen molar-refractivity contribution in [2.45, 2.75) is 83.2 Å². The van der Waals surface area contributed by atoms with Crippen LogP contribution < -0.4 is 0 Å². The summed E-state index contributed by atoms with van der Waals surface area (Å²) in [5.74, 6) is 0.995. The van der Waals surface area contributed by atoms with Crippen molar-refractivity contribution in [2.24, 2.45) is 5.92 Å². The Bertz CT molecular complexity index is 446. The van der Waals surface area contributed by atoms with Crippen molar-refractivity contribution in [1.29, 1.82) is 0 Å². The summed E-state index contributed by atoms with van der Waals surface area (Å²) in [5.41, 5.74) is 2.90. The number of hydrogen-bond acceptors (Lipinski definition) is 1. The molecule has 1 aromatic rings. The molecule has 1 fully saturated rings. The Morgan fingerprint density at radius 2 is 1.70 bits per heavy atom. The van der Waals surface area contributed by atoms with Crippen LogP contribution in [0.15, 0.2) is 24.3 Å². The van der Waals surface area contributed by atoms with E-state index in [1.54, 1.807) is 0 Å². The van der Waals surface area contributed by atoms with Crippen LogP contribution in [0.25, 0.3) is 0 Å². The molecule has 127 valence electrons. The van der Waals surface area contributed by atoms with Gasteiger partial charge in [0, 0.05) is 38.6 Å². The summed E-state index contributed by atoms with van der Waals surface area (Å²) in [6, 6.07) is 9.01. The molecule has 1 N–H and O–H groups in total. The monoisotopic (exact) mass is 390 g/mol. The Kier molecular flexibility index (Phi) is 8.98. The molecule has 0 saturated heterocycles. The zero-order chi connectivity index (χ0) is 16.2. The molecule has 1 aromatic carbocycles. The van der Waals surface area contributed by atoms with Gasteiger partial charge in [-0.2, -0.15) is 6.42 Å². The van der Waals surface area contributed by atoms with Crippen LogP contribution in [0.1, 0.15) is 82.8 Å². The van der Waals surface area contributed by atoms with Crippen molar-refractivity contribution in [3.05, 3.63) is 42.3 Å². The molecule has 1 saturated carbocycles. The molecule has 0 heterocycles. The van der Waals surface area contributed by atoms with Gasteiger partial charge in [0.25, 0.3) is 0 Å². The number of rotatable bonds is 6. The van der Waals surface area contributed by atoms with Crippen molar-refractivity contribution in [1.82, 2.24) is 0 Å². The molecule has 0 unspecified atom stereocenters. The van der Waals surface area contributed by atoms with Crippen LogP contribution >= 0.6 is 0 Å². The maximum absolute atomic E-state index is 10.4. The van der Waals surface area contributed by atoms with Gasteiger partial charge in [0.15, 0.2) is 0 Å². The quantitative estimate of drug-likeness (QED) is 0.494. The van der Waals surface area contributed by atoms with Crippen molar-refractivity contribution in [2.75, 3.05) is 0 Å². The summed E-state index contributed by atoms with van der Waals surface area (Å²) in [4.78, 5) is 0. The average molecular weight is 390 g/mol. The Morgan fingerprint density at radius 3 is 2.26 bits per heavy atom. The Morgan fingerprint density at radius 1 is 1.04 bits per heavy atom. The standard InChI is InChI=1S/C21H33O.Y/c1-5-6-7-8-9-16-12-15-19(22)20(16)17-10-13-18(14-11-17)21(2,3)4;/h10-11,13-14,16,19-20,22H,1,5-9,12,15H2,2-4H3;/q-1;/t16-,19+,20-;/m0./s1. The van der Waals surface area contributed by atoms with Crippen LogP contribution in [-0.2, 0) is 38.1 Å². The first-order valence-corrected chi connectivity index (χ1v) is 9.01. The van der Waals surface area contributed by atoms with E-state index in [2.05, 4.69) is 52.0 Å². The number of hydrogen-bond donors (Lipinski definition) is 1. The minimum absolute atomic E-state index is 0. The van der Waals surface area contributed by atoms with Crippen LogP contribution in [-0.4, -0.2) is 11.2 Å². The first-order chi connectivity index (χ1) is 10.4. The number of benzene rings is 1. The van der Waals surface area contributed by atoms with Gasteiger partial charge in [0.05, 0.1) is 6.10 Å². The predicted molar refractivity (Wildman–Crippen MR) is 95.1 cm³/mol. The second kappa shape index (κ2) is 9.69. The van der Waals surface area contributed by atoms with Crippen LogP contribution in [0.4, 0.5) is 0 Å². The predicted octanol–water partition coefficient (Wildman–Crippen LogP) is 5.62. The van der Waals surface area contributed by atoms with E-state index in [0.29, 0.717) is 11.8 Å². The molecular formula is C21H33OY-. The summed E-state index contributed by atoms with van der Waals surface area (Å²) in [6.45, 7) is 10.7. The first kappa shape index (κ1) is 21.3. The maximum Gasteiger partial charge on any atom is 0.0611 e. The van der Waals surface area contributed by atoms with Gasteiger partial charge in [-0.05, 0) is 41.7 Å². The fourth-order valence-electron chi connectivity index (χ4n) is 3.84. The molecule has 1 radical (unpaired) electrons. The Balaban J connectivity index is 0.00000264. The smallest absolute Gasteiger partial charge is 0.0611 e. The summed E-state index contributed by atoms with van der Waals surface area (Å²) >= 11 is 0. The number of unbranched alkanes of at least 4 members (excludes halogenated alkanes) is 3. The van der Waals surface area contributed by atoms with Gasteiger partial charge in [-0.15, -0.1) is 0 Å². The third-order valence-corrected chi connectivity index (χ3v) is 5.24. The third-order valence-electron chi connectivity index (χ3n) is 5.24. The van der Waals surface area contributed by atoms with Crippen molar-refractivity contribution >= 4 is 0 Å². The van der Waals surface area contributed by atoms with E-state index < -0.39 is 0 Å². The molecular weight excluding hydrogens is 357 g/mol. The van der Waals surface area contributed by atoms with Gasteiger partial charge < -0.3 is 12.0 Å². The normalized spacial score (nSPS) is 24.5. The summed E-state index contributed by atoms with van der Waals surface area (Å²) in [6.07, 6.45) is 8.09. The maximum atomic E-state index is 10.4. The number of aliphatic hydroxyl groups is 1. The minimum Gasteiger partial charge on any atom is -0.392 e. The van der Waals surface area contributed by atoms with Crippen LogP contribution in [0.2, 0.25) is 0 Å². The second-order valence-electron chi connectivity index (χ2n) is 8.01. The molecule has 0 aliphatic heterocycles. The Hall–Kier alpha value is 0.284. The van der Waals surface area contributed by atoms with Gasteiger partial charge in [-0.25, -0.2) is 0 Å². The van der Waals surface area contributed by atoms with E-state index in [9.17, 15) is 5.11 Å². The second-order valence-corrected chi connectivity index (χ2v) is 8.01. The minimum atomic E-state index is -0.154. The van der Waals surface area contributed by atoms with Crippen molar-refractivity contribution < 1.29 is 37.8 Å². The summed E-state index contributed by atoms with van der Waals surface area (Å²) in [5, 5.41) is 10.4. The third kappa shape index (κ3) is 5.94. The van der Waals surface area contributed by atoms with E-state index in [-0.39, 0.29) is 44.2 Å². The Labute approximate surface area is 168 Å². The first-order valence-electron chi connectivity index (χ1n) is 9.01. The SMILES string of the molecule is [CH2-]CCCCC[C@H]1CC[C@@H](O)[C@@H]1c1ccc(C(C)(C)C)cc1.[Y]. The topological polar surface area (TPSA) is 20.2 Å². The van der Waals surface area contributed by atoms with Crippen molar-refractivity contribution in [3.8, 4) is 0 Å². The fourth-order valence-corrected chi connectivity index (χ4v) is 3.84. The molecule has 0 amide bonds. The van der Waals surface area contributed by atoms with Crippen LogP contribution in [0.5, 0.6) is 0 Å². The largest absolute Gasteiger partial charge is 0.392 e. The van der Waals surface area contributed by atoms with Gasteiger partial charge >= 0.3 is 0 Å². The zero-order valence-electron chi connectivity index (χ0n) is 15.2. The summed E-state index contributed by atoms with van der Waals surface area (Å²) in [7, 11) is 0. The van der Waals surface area contributed by atoms with E-state index in [4.69, 9.17) is 0 Å². The molecule has 23 heavy (non-hydrogen) atoms.